The largest absolute Gasteiger partial charge is 0.345 e. The smallest absolute Gasteiger partial charge is 0.286 e. The Morgan fingerprint density at radius 3 is 2.47 bits per heavy atom. The van der Waals surface area contributed by atoms with Gasteiger partial charge in [0.1, 0.15) is 5.69 Å². The highest BCUT2D eigenvalue weighted by atomic mass is 79.9. The van der Waals surface area contributed by atoms with Crippen LogP contribution < -0.4 is 10.9 Å². The van der Waals surface area contributed by atoms with Crippen molar-refractivity contribution in [2.24, 2.45) is 7.05 Å². The van der Waals surface area contributed by atoms with E-state index in [-0.39, 0.29) is 16.5 Å². The predicted molar refractivity (Wildman–Crippen MR) is 116 cm³/mol. The van der Waals surface area contributed by atoms with Crippen molar-refractivity contribution in [3.63, 3.8) is 0 Å². The monoisotopic (exact) mass is 496 g/mol. The van der Waals surface area contributed by atoms with Crippen LogP contribution in [0.2, 0.25) is 0 Å². The van der Waals surface area contributed by atoms with E-state index in [1.807, 2.05) is 6.92 Å². The standard InChI is InChI=1S/C20H25BrN4O4S/c1-13-7-8-16(30(28,29)25-9-5-4-6-14(25)2)11-17(13)19(26)22-23-20(27)18-10-15(21)12-24(18)3/h7-8,10-12,14H,4-6,9H2,1-3H3,(H,22,26)(H,23,27). The molecule has 0 bridgehead atoms. The number of halogens is 1. The van der Waals surface area contributed by atoms with E-state index in [1.54, 1.807) is 36.9 Å². The van der Waals surface area contributed by atoms with Crippen LogP contribution in [0, 0.1) is 6.92 Å². The zero-order chi connectivity index (χ0) is 22.1. The second-order valence-electron chi connectivity index (χ2n) is 7.50. The highest BCUT2D eigenvalue weighted by Crippen LogP contribution is 2.26. The van der Waals surface area contributed by atoms with Gasteiger partial charge in [-0.25, -0.2) is 8.42 Å². The van der Waals surface area contributed by atoms with E-state index >= 15 is 0 Å². The van der Waals surface area contributed by atoms with Gasteiger partial charge in [0.25, 0.3) is 11.8 Å². The Morgan fingerprint density at radius 1 is 1.13 bits per heavy atom. The number of piperidine rings is 1. The molecule has 0 saturated carbocycles. The first-order valence-corrected chi connectivity index (χ1v) is 11.9. The molecule has 1 aliphatic rings. The highest BCUT2D eigenvalue weighted by Gasteiger charge is 2.31. The maximum Gasteiger partial charge on any atom is 0.286 e. The molecular formula is C20H25BrN4O4S. The average Bonchev–Trinajstić information content (AvgIpc) is 3.04. The molecule has 1 aromatic heterocycles. The Hall–Kier alpha value is -2.17. The Kier molecular flexibility index (Phi) is 6.68. The number of hydrazine groups is 1. The Labute approximate surface area is 184 Å². The van der Waals surface area contributed by atoms with Crippen LogP contribution in [0.25, 0.3) is 0 Å². The fraction of sp³-hybridized carbons (Fsp3) is 0.400. The fourth-order valence-electron chi connectivity index (χ4n) is 3.57. The van der Waals surface area contributed by atoms with Gasteiger partial charge < -0.3 is 4.57 Å². The molecule has 1 fully saturated rings. The number of carbonyl (C=O) groups is 2. The first-order chi connectivity index (χ1) is 14.1. The van der Waals surface area contributed by atoms with Gasteiger partial charge >= 0.3 is 0 Å². The summed E-state index contributed by atoms with van der Waals surface area (Å²) in [5.41, 5.74) is 5.88. The van der Waals surface area contributed by atoms with Crippen LogP contribution in [0.5, 0.6) is 0 Å². The van der Waals surface area contributed by atoms with Gasteiger partial charge in [-0.05, 0) is 66.4 Å². The van der Waals surface area contributed by atoms with Gasteiger partial charge in [-0.3, -0.25) is 20.4 Å². The number of aryl methyl sites for hydroxylation is 2. The molecule has 162 valence electrons. The van der Waals surface area contributed by atoms with Gasteiger partial charge in [-0.15, -0.1) is 0 Å². The summed E-state index contributed by atoms with van der Waals surface area (Å²) in [6, 6.07) is 6.04. The molecule has 2 aromatic rings. The van der Waals surface area contributed by atoms with Gasteiger partial charge in [-0.2, -0.15) is 4.31 Å². The maximum atomic E-state index is 13.1. The third kappa shape index (κ3) is 4.60. The third-order valence-electron chi connectivity index (χ3n) is 5.30. The van der Waals surface area contributed by atoms with E-state index in [4.69, 9.17) is 0 Å². The lowest BCUT2D eigenvalue weighted by Gasteiger charge is -2.32. The zero-order valence-corrected chi connectivity index (χ0v) is 19.5. The van der Waals surface area contributed by atoms with Crippen molar-refractivity contribution in [2.45, 2.75) is 44.0 Å². The van der Waals surface area contributed by atoms with Crippen LogP contribution in [0.4, 0.5) is 0 Å². The van der Waals surface area contributed by atoms with Crippen molar-refractivity contribution in [3.8, 4) is 0 Å². The summed E-state index contributed by atoms with van der Waals surface area (Å²) in [5, 5.41) is 0. The summed E-state index contributed by atoms with van der Waals surface area (Å²) >= 11 is 3.29. The molecule has 10 heteroatoms. The summed E-state index contributed by atoms with van der Waals surface area (Å²) in [5.74, 6) is -1.07. The summed E-state index contributed by atoms with van der Waals surface area (Å²) in [7, 11) is -1.99. The number of nitrogens with one attached hydrogen (secondary N) is 2. The van der Waals surface area contributed by atoms with E-state index in [0.29, 0.717) is 17.8 Å². The number of sulfonamides is 1. The van der Waals surface area contributed by atoms with Crippen molar-refractivity contribution in [1.29, 1.82) is 0 Å². The number of hydrogen-bond acceptors (Lipinski definition) is 4. The Morgan fingerprint density at radius 2 is 1.83 bits per heavy atom. The quantitative estimate of drug-likeness (QED) is 0.635. The number of carbonyl (C=O) groups excluding carboxylic acids is 2. The third-order valence-corrected chi connectivity index (χ3v) is 7.74. The summed E-state index contributed by atoms with van der Waals surface area (Å²) in [6.45, 7) is 4.09. The van der Waals surface area contributed by atoms with Crippen LogP contribution >= 0.6 is 15.9 Å². The summed E-state index contributed by atoms with van der Waals surface area (Å²) in [4.78, 5) is 25.0. The van der Waals surface area contributed by atoms with Crippen LogP contribution in [-0.4, -0.2) is 41.7 Å². The lowest BCUT2D eigenvalue weighted by Crippen LogP contribution is -2.43. The van der Waals surface area contributed by atoms with Gasteiger partial charge in [0.05, 0.1) is 4.90 Å². The molecule has 1 atom stereocenters. The van der Waals surface area contributed by atoms with Gasteiger partial charge in [0, 0.05) is 35.9 Å². The minimum absolute atomic E-state index is 0.0738. The molecule has 2 N–H and O–H groups in total. The molecule has 0 spiro atoms. The zero-order valence-electron chi connectivity index (χ0n) is 17.1. The van der Waals surface area contributed by atoms with Crippen molar-refractivity contribution in [1.82, 2.24) is 19.7 Å². The molecule has 8 nitrogen and oxygen atoms in total. The number of hydrogen-bond donors (Lipinski definition) is 2. The molecule has 2 amide bonds. The maximum absolute atomic E-state index is 13.1. The highest BCUT2D eigenvalue weighted by molar-refractivity contribution is 9.10. The second kappa shape index (κ2) is 8.91. The Bertz CT molecular complexity index is 1080. The lowest BCUT2D eigenvalue weighted by molar-refractivity contribution is 0.0841. The minimum atomic E-state index is -3.70. The number of aromatic nitrogens is 1. The summed E-state index contributed by atoms with van der Waals surface area (Å²) < 4.78 is 30.0. The number of rotatable bonds is 4. The Balaban J connectivity index is 1.78. The van der Waals surface area contributed by atoms with Gasteiger partial charge in [-0.1, -0.05) is 12.5 Å². The molecule has 30 heavy (non-hydrogen) atoms. The van der Waals surface area contributed by atoms with Crippen molar-refractivity contribution in [2.75, 3.05) is 6.54 Å². The minimum Gasteiger partial charge on any atom is -0.345 e. The van der Waals surface area contributed by atoms with Gasteiger partial charge in [0.2, 0.25) is 10.0 Å². The topological polar surface area (TPSA) is 101 Å². The first-order valence-electron chi connectivity index (χ1n) is 9.66. The summed E-state index contributed by atoms with van der Waals surface area (Å²) in [6.07, 6.45) is 4.37. The average molecular weight is 497 g/mol. The number of nitrogens with zero attached hydrogens (tertiary/aromatic N) is 2. The molecule has 0 radical (unpaired) electrons. The van der Waals surface area contributed by atoms with E-state index in [1.165, 1.54) is 16.4 Å². The van der Waals surface area contributed by atoms with Crippen LogP contribution in [0.1, 0.15) is 52.6 Å². The molecule has 1 saturated heterocycles. The number of amides is 2. The SMILES string of the molecule is Cc1ccc(S(=O)(=O)N2CCCCC2C)cc1C(=O)NNC(=O)c1cc(Br)cn1C. The van der Waals surface area contributed by atoms with E-state index in [2.05, 4.69) is 26.8 Å². The first kappa shape index (κ1) is 22.5. The normalized spacial score (nSPS) is 17.5. The molecule has 2 heterocycles. The van der Waals surface area contributed by atoms with E-state index in [9.17, 15) is 18.0 Å². The molecule has 1 unspecified atom stereocenters. The van der Waals surface area contributed by atoms with Crippen LogP contribution in [-0.2, 0) is 17.1 Å². The van der Waals surface area contributed by atoms with E-state index < -0.39 is 21.8 Å². The fourth-order valence-corrected chi connectivity index (χ4v) is 5.82. The molecule has 1 aliphatic heterocycles. The molecule has 3 rings (SSSR count). The molecule has 1 aromatic carbocycles. The van der Waals surface area contributed by atoms with Crippen LogP contribution in [0.15, 0.2) is 39.8 Å². The van der Waals surface area contributed by atoms with Crippen molar-refractivity contribution >= 4 is 37.8 Å². The second-order valence-corrected chi connectivity index (χ2v) is 10.3. The predicted octanol–water partition coefficient (Wildman–Crippen LogP) is 2.73. The van der Waals surface area contributed by atoms with Crippen molar-refractivity contribution in [3.05, 3.63) is 51.8 Å². The van der Waals surface area contributed by atoms with Crippen LogP contribution in [0.3, 0.4) is 0 Å². The van der Waals surface area contributed by atoms with Gasteiger partial charge in [0.15, 0.2) is 0 Å². The van der Waals surface area contributed by atoms with E-state index in [0.717, 1.165) is 23.7 Å². The molecule has 0 aliphatic carbocycles. The molecular weight excluding hydrogens is 472 g/mol. The lowest BCUT2D eigenvalue weighted by atomic mass is 10.1. The van der Waals surface area contributed by atoms with Crippen molar-refractivity contribution < 1.29 is 18.0 Å². The number of benzene rings is 1.